The smallest absolute Gasteiger partial charge is 0.259 e. The maximum absolute atomic E-state index is 13.2. The van der Waals surface area contributed by atoms with Crippen LogP contribution in [0.1, 0.15) is 28.5 Å². The first-order chi connectivity index (χ1) is 14.1. The van der Waals surface area contributed by atoms with E-state index in [-0.39, 0.29) is 11.7 Å². The Labute approximate surface area is 166 Å². The van der Waals surface area contributed by atoms with E-state index in [2.05, 4.69) is 20.5 Å². The van der Waals surface area contributed by atoms with Crippen molar-refractivity contribution in [1.82, 2.24) is 24.5 Å². The molecule has 1 amide bonds. The molecule has 0 atom stereocenters. The summed E-state index contributed by atoms with van der Waals surface area (Å²) in [6, 6.07) is 13.6. The van der Waals surface area contributed by atoms with E-state index in [1.54, 1.807) is 27.8 Å². The molecule has 0 aliphatic carbocycles. The number of aromatic nitrogens is 5. The average molecular weight is 390 g/mol. The Morgan fingerprint density at radius 2 is 1.97 bits per heavy atom. The van der Waals surface area contributed by atoms with E-state index in [1.165, 1.54) is 24.7 Å². The number of nitrogens with zero attached hydrogens (tertiary/aromatic N) is 5. The van der Waals surface area contributed by atoms with Crippen molar-refractivity contribution in [3.8, 4) is 5.69 Å². The number of hydrogen-bond donors (Lipinski definition) is 1. The Balaban J connectivity index is 1.55. The number of nitrogens with one attached hydrogen (secondary N) is 1. The van der Waals surface area contributed by atoms with Crippen molar-refractivity contribution in [2.24, 2.45) is 0 Å². The van der Waals surface area contributed by atoms with Gasteiger partial charge in [0.15, 0.2) is 0 Å². The molecule has 2 aromatic heterocycles. The second-order valence-electron chi connectivity index (χ2n) is 6.49. The van der Waals surface area contributed by atoms with E-state index in [0.717, 1.165) is 11.3 Å². The fourth-order valence-electron chi connectivity index (χ4n) is 3.16. The third-order valence-corrected chi connectivity index (χ3v) is 4.52. The summed E-state index contributed by atoms with van der Waals surface area (Å²) in [6.45, 7) is 2.51. The van der Waals surface area contributed by atoms with Gasteiger partial charge in [0.25, 0.3) is 5.91 Å². The van der Waals surface area contributed by atoms with Crippen LogP contribution >= 0.6 is 0 Å². The molecule has 7 nitrogen and oxygen atoms in total. The zero-order chi connectivity index (χ0) is 20.2. The van der Waals surface area contributed by atoms with Gasteiger partial charge >= 0.3 is 0 Å². The van der Waals surface area contributed by atoms with Crippen LogP contribution in [-0.4, -0.2) is 30.5 Å². The van der Waals surface area contributed by atoms with Gasteiger partial charge in [-0.2, -0.15) is 10.2 Å². The quantitative estimate of drug-likeness (QED) is 0.547. The van der Waals surface area contributed by atoms with Gasteiger partial charge in [-0.1, -0.05) is 19.1 Å². The molecule has 146 valence electrons. The molecule has 0 radical (unpaired) electrons. The van der Waals surface area contributed by atoms with Crippen LogP contribution in [0.25, 0.3) is 5.69 Å². The summed E-state index contributed by atoms with van der Waals surface area (Å²) in [5.74, 6) is -0.559. The van der Waals surface area contributed by atoms with Crippen LogP contribution < -0.4 is 5.32 Å². The van der Waals surface area contributed by atoms with Crippen molar-refractivity contribution >= 4 is 11.6 Å². The van der Waals surface area contributed by atoms with Crippen molar-refractivity contribution in [3.05, 3.63) is 90.0 Å². The number of anilines is 1. The third-order valence-electron chi connectivity index (χ3n) is 4.52. The van der Waals surface area contributed by atoms with Crippen molar-refractivity contribution in [3.63, 3.8) is 0 Å². The lowest BCUT2D eigenvalue weighted by molar-refractivity contribution is 0.102. The molecule has 0 aliphatic heterocycles. The van der Waals surface area contributed by atoms with Gasteiger partial charge in [0.05, 0.1) is 29.7 Å². The lowest BCUT2D eigenvalue weighted by Crippen LogP contribution is -2.14. The van der Waals surface area contributed by atoms with Gasteiger partial charge in [0, 0.05) is 5.69 Å². The normalized spacial score (nSPS) is 10.8. The molecule has 2 aromatic carbocycles. The minimum atomic E-state index is -0.317. The molecule has 1 N–H and O–H groups in total. The predicted octanol–water partition coefficient (Wildman–Crippen LogP) is 3.47. The Morgan fingerprint density at radius 3 is 2.69 bits per heavy atom. The first-order valence-corrected chi connectivity index (χ1v) is 9.19. The highest BCUT2D eigenvalue weighted by Gasteiger charge is 2.17. The highest BCUT2D eigenvalue weighted by Crippen LogP contribution is 2.19. The highest BCUT2D eigenvalue weighted by molar-refractivity contribution is 6.05. The SMILES string of the molecule is CCc1c(C(=O)Nc2cccc(Cn3cncn3)c2)cnn1-c1ccc(F)cc1. The van der Waals surface area contributed by atoms with Crippen molar-refractivity contribution in [2.45, 2.75) is 19.9 Å². The molecule has 4 rings (SSSR count). The maximum atomic E-state index is 13.2. The van der Waals surface area contributed by atoms with Gasteiger partial charge in [0.2, 0.25) is 0 Å². The van der Waals surface area contributed by atoms with E-state index < -0.39 is 0 Å². The van der Waals surface area contributed by atoms with Crippen LogP contribution in [0.5, 0.6) is 0 Å². The van der Waals surface area contributed by atoms with E-state index in [1.807, 2.05) is 31.2 Å². The van der Waals surface area contributed by atoms with E-state index in [0.29, 0.717) is 29.9 Å². The van der Waals surface area contributed by atoms with Gasteiger partial charge in [-0.15, -0.1) is 0 Å². The molecular weight excluding hydrogens is 371 g/mol. The zero-order valence-corrected chi connectivity index (χ0v) is 15.8. The molecule has 0 fully saturated rings. The van der Waals surface area contributed by atoms with Crippen molar-refractivity contribution in [1.29, 1.82) is 0 Å². The number of carbonyl (C=O) groups excluding carboxylic acids is 1. The van der Waals surface area contributed by atoms with Gasteiger partial charge in [-0.25, -0.2) is 18.7 Å². The minimum Gasteiger partial charge on any atom is -0.322 e. The van der Waals surface area contributed by atoms with Crippen LogP contribution in [0.2, 0.25) is 0 Å². The average Bonchev–Trinajstić information content (AvgIpc) is 3.38. The summed E-state index contributed by atoms with van der Waals surface area (Å²) in [6.07, 6.45) is 5.27. The van der Waals surface area contributed by atoms with Crippen molar-refractivity contribution < 1.29 is 9.18 Å². The van der Waals surface area contributed by atoms with Crippen molar-refractivity contribution in [2.75, 3.05) is 5.32 Å². The van der Waals surface area contributed by atoms with E-state index >= 15 is 0 Å². The maximum Gasteiger partial charge on any atom is 0.259 e. The Kier molecular flexibility index (Phi) is 5.15. The monoisotopic (exact) mass is 390 g/mol. The minimum absolute atomic E-state index is 0.242. The number of amides is 1. The zero-order valence-electron chi connectivity index (χ0n) is 15.8. The van der Waals surface area contributed by atoms with Gasteiger partial charge in [-0.3, -0.25) is 4.79 Å². The van der Waals surface area contributed by atoms with Gasteiger partial charge in [-0.05, 0) is 48.4 Å². The molecule has 0 unspecified atom stereocenters. The number of carbonyl (C=O) groups is 1. The molecule has 4 aromatic rings. The summed E-state index contributed by atoms with van der Waals surface area (Å²) < 4.78 is 16.6. The molecule has 0 saturated carbocycles. The molecule has 8 heteroatoms. The molecule has 2 heterocycles. The largest absolute Gasteiger partial charge is 0.322 e. The van der Waals surface area contributed by atoms with Gasteiger partial charge < -0.3 is 5.32 Å². The first kappa shape index (κ1) is 18.5. The molecule has 0 bridgehead atoms. The summed E-state index contributed by atoms with van der Waals surface area (Å²) in [7, 11) is 0. The molecule has 0 aliphatic rings. The van der Waals surface area contributed by atoms with Crippen LogP contribution in [0.3, 0.4) is 0 Å². The molecule has 0 spiro atoms. The molecule has 29 heavy (non-hydrogen) atoms. The highest BCUT2D eigenvalue weighted by atomic mass is 19.1. The second-order valence-corrected chi connectivity index (χ2v) is 6.49. The number of benzene rings is 2. The third kappa shape index (κ3) is 4.06. The van der Waals surface area contributed by atoms with Crippen LogP contribution in [0, 0.1) is 5.82 Å². The topological polar surface area (TPSA) is 77.6 Å². The Bertz CT molecular complexity index is 1120. The van der Waals surface area contributed by atoms with E-state index in [9.17, 15) is 9.18 Å². The molecular formula is C21H19FN6O. The fraction of sp³-hybridized carbons (Fsp3) is 0.143. The second kappa shape index (κ2) is 8.05. The summed E-state index contributed by atoms with van der Waals surface area (Å²) in [5, 5.41) is 11.4. The van der Waals surface area contributed by atoms with Gasteiger partial charge in [0.1, 0.15) is 18.5 Å². The van der Waals surface area contributed by atoms with Crippen LogP contribution in [0.4, 0.5) is 10.1 Å². The lowest BCUT2D eigenvalue weighted by atomic mass is 10.1. The van der Waals surface area contributed by atoms with E-state index in [4.69, 9.17) is 0 Å². The number of rotatable bonds is 6. The molecule has 0 saturated heterocycles. The summed E-state index contributed by atoms with van der Waals surface area (Å²) >= 11 is 0. The standard InChI is InChI=1S/C21H19FN6O/c1-2-20-19(11-24-28(20)18-8-6-16(22)7-9-18)21(29)26-17-5-3-4-15(10-17)12-27-14-23-13-25-27/h3-11,13-14H,2,12H2,1H3,(H,26,29). The lowest BCUT2D eigenvalue weighted by Gasteiger charge is -2.10. The fourth-order valence-corrected chi connectivity index (χ4v) is 3.16. The van der Waals surface area contributed by atoms with Crippen LogP contribution in [0.15, 0.2) is 67.4 Å². The Morgan fingerprint density at radius 1 is 1.14 bits per heavy atom. The summed E-state index contributed by atoms with van der Waals surface area (Å²) in [5.41, 5.74) is 3.62. The summed E-state index contributed by atoms with van der Waals surface area (Å²) in [4.78, 5) is 16.8. The number of hydrogen-bond acceptors (Lipinski definition) is 4. The number of halogens is 1. The Hall–Kier alpha value is -3.81. The first-order valence-electron chi connectivity index (χ1n) is 9.19. The van der Waals surface area contributed by atoms with Crippen LogP contribution in [-0.2, 0) is 13.0 Å². The predicted molar refractivity (Wildman–Crippen MR) is 106 cm³/mol.